The van der Waals surface area contributed by atoms with Crippen molar-refractivity contribution in [2.45, 2.75) is 34.7 Å². The minimum absolute atomic E-state index is 0.0779. The summed E-state index contributed by atoms with van der Waals surface area (Å²) < 4.78 is 6.61. The SMILES string of the molecule is O=C(O)Cc1nnc(SC2=C(C(=O)OC(c3ccccc3)c3ccccc3)N3C(=O)[C@@H](NC(=O)Cc4ccccc4)[C@H]3SC2)s1. The summed E-state index contributed by atoms with van der Waals surface area (Å²) in [5.41, 5.74) is 2.42. The van der Waals surface area contributed by atoms with Gasteiger partial charge in [0, 0.05) is 10.7 Å². The van der Waals surface area contributed by atoms with Crippen LogP contribution in [-0.4, -0.2) is 61.1 Å². The van der Waals surface area contributed by atoms with Crippen LogP contribution in [0.15, 0.2) is 106 Å². The molecule has 0 spiro atoms. The molecule has 45 heavy (non-hydrogen) atoms. The lowest BCUT2D eigenvalue weighted by atomic mass is 10.0. The minimum Gasteiger partial charge on any atom is -0.481 e. The summed E-state index contributed by atoms with van der Waals surface area (Å²) in [6, 6.07) is 27.1. The van der Waals surface area contributed by atoms with Crippen molar-refractivity contribution >= 4 is 58.6 Å². The van der Waals surface area contributed by atoms with Crippen molar-refractivity contribution in [3.8, 4) is 0 Å². The first kappa shape index (κ1) is 30.6. The van der Waals surface area contributed by atoms with Gasteiger partial charge in [-0.15, -0.1) is 22.0 Å². The maximum atomic E-state index is 14.1. The molecule has 1 saturated heterocycles. The number of rotatable bonds is 11. The summed E-state index contributed by atoms with van der Waals surface area (Å²) in [7, 11) is 0. The number of hydrogen-bond donors (Lipinski definition) is 2. The maximum Gasteiger partial charge on any atom is 0.356 e. The first-order valence-corrected chi connectivity index (χ1v) is 16.6. The lowest BCUT2D eigenvalue weighted by molar-refractivity contribution is -0.154. The number of amides is 2. The Hall–Kier alpha value is -4.46. The van der Waals surface area contributed by atoms with Crippen molar-refractivity contribution in [3.63, 3.8) is 0 Å². The third kappa shape index (κ3) is 6.95. The Morgan fingerprint density at radius 3 is 2.18 bits per heavy atom. The van der Waals surface area contributed by atoms with Crippen LogP contribution >= 0.6 is 34.9 Å². The molecule has 228 valence electrons. The van der Waals surface area contributed by atoms with Gasteiger partial charge in [0.2, 0.25) is 5.91 Å². The molecule has 1 fully saturated rings. The van der Waals surface area contributed by atoms with Crippen LogP contribution in [0.2, 0.25) is 0 Å². The van der Waals surface area contributed by atoms with Crippen LogP contribution in [0.1, 0.15) is 27.8 Å². The van der Waals surface area contributed by atoms with E-state index >= 15 is 0 Å². The van der Waals surface area contributed by atoms with Gasteiger partial charge in [0.1, 0.15) is 22.1 Å². The van der Waals surface area contributed by atoms with E-state index in [9.17, 15) is 19.2 Å². The molecule has 1 aromatic heterocycles. The highest BCUT2D eigenvalue weighted by atomic mass is 32.2. The number of carboxylic acids is 1. The van der Waals surface area contributed by atoms with Gasteiger partial charge < -0.3 is 15.2 Å². The molecule has 6 rings (SSSR count). The third-order valence-electron chi connectivity index (χ3n) is 7.04. The molecule has 2 aliphatic rings. The van der Waals surface area contributed by atoms with E-state index in [1.54, 1.807) is 0 Å². The number of esters is 1. The number of aliphatic carboxylic acids is 1. The Labute approximate surface area is 270 Å². The fourth-order valence-corrected chi connectivity index (χ4v) is 8.52. The number of thioether (sulfide) groups is 2. The van der Waals surface area contributed by atoms with Gasteiger partial charge in [-0.25, -0.2) is 4.79 Å². The van der Waals surface area contributed by atoms with Gasteiger partial charge in [-0.05, 0) is 16.7 Å². The number of benzene rings is 3. The second kappa shape index (κ2) is 13.7. The molecule has 2 atom stereocenters. The van der Waals surface area contributed by atoms with E-state index in [-0.39, 0.29) is 24.4 Å². The molecule has 0 saturated carbocycles. The number of carbonyl (C=O) groups excluding carboxylic acids is 3. The zero-order valence-corrected chi connectivity index (χ0v) is 26.0. The van der Waals surface area contributed by atoms with Crippen molar-refractivity contribution in [2.75, 3.05) is 5.75 Å². The fourth-order valence-electron chi connectivity index (χ4n) is 5.00. The second-order valence-corrected chi connectivity index (χ2v) is 13.6. The third-order valence-corrected chi connectivity index (χ3v) is 10.6. The number of aromatic nitrogens is 2. The lowest BCUT2D eigenvalue weighted by Gasteiger charge is -2.49. The van der Waals surface area contributed by atoms with Gasteiger partial charge in [0.25, 0.3) is 5.91 Å². The molecule has 13 heteroatoms. The van der Waals surface area contributed by atoms with E-state index in [0.717, 1.165) is 39.8 Å². The van der Waals surface area contributed by atoms with Gasteiger partial charge in [0.15, 0.2) is 10.4 Å². The van der Waals surface area contributed by atoms with Gasteiger partial charge in [0.05, 0.1) is 12.8 Å². The molecular weight excluding hydrogens is 633 g/mol. The zero-order chi connectivity index (χ0) is 31.3. The molecule has 3 aromatic carbocycles. The van der Waals surface area contributed by atoms with Crippen LogP contribution in [0.4, 0.5) is 0 Å². The van der Waals surface area contributed by atoms with Crippen molar-refractivity contribution in [3.05, 3.63) is 123 Å². The van der Waals surface area contributed by atoms with Crippen LogP contribution in [0.3, 0.4) is 0 Å². The lowest BCUT2D eigenvalue weighted by Crippen LogP contribution is -2.70. The number of carboxylic acid groups (broad SMARTS) is 1. The molecule has 2 aliphatic heterocycles. The Morgan fingerprint density at radius 2 is 1.56 bits per heavy atom. The van der Waals surface area contributed by atoms with E-state index in [4.69, 9.17) is 9.84 Å². The van der Waals surface area contributed by atoms with Crippen molar-refractivity contribution in [2.24, 2.45) is 0 Å². The molecule has 2 amide bonds. The van der Waals surface area contributed by atoms with Crippen molar-refractivity contribution in [1.29, 1.82) is 0 Å². The molecule has 2 N–H and O–H groups in total. The molecule has 0 aliphatic carbocycles. The molecule has 3 heterocycles. The number of β-lactam (4-membered cyclic amide) rings is 1. The highest BCUT2D eigenvalue weighted by Crippen LogP contribution is 2.46. The second-order valence-electron chi connectivity index (χ2n) is 10.1. The van der Waals surface area contributed by atoms with E-state index in [0.29, 0.717) is 20.0 Å². The summed E-state index contributed by atoms with van der Waals surface area (Å²) in [5.74, 6) is -2.09. The van der Waals surface area contributed by atoms with Crippen LogP contribution < -0.4 is 5.32 Å². The average molecular weight is 659 g/mol. The topological polar surface area (TPSA) is 139 Å². The molecule has 0 bridgehead atoms. The van der Waals surface area contributed by atoms with Crippen molar-refractivity contribution in [1.82, 2.24) is 20.4 Å². The van der Waals surface area contributed by atoms with E-state index < -0.39 is 35.4 Å². The van der Waals surface area contributed by atoms with Gasteiger partial charge in [-0.3, -0.25) is 19.3 Å². The molecule has 0 unspecified atom stereocenters. The first-order chi connectivity index (χ1) is 21.9. The molecule has 0 radical (unpaired) electrons. The number of nitrogens with zero attached hydrogens (tertiary/aromatic N) is 3. The molecular formula is C32H26N4O6S3. The zero-order valence-electron chi connectivity index (χ0n) is 23.6. The summed E-state index contributed by atoms with van der Waals surface area (Å²) in [5, 5.41) is 19.9. The highest BCUT2D eigenvalue weighted by molar-refractivity contribution is 8.07. The van der Waals surface area contributed by atoms with Crippen LogP contribution in [-0.2, 0) is 36.8 Å². The molecule has 10 nitrogen and oxygen atoms in total. The summed E-state index contributed by atoms with van der Waals surface area (Å²) in [6.45, 7) is 0. The maximum absolute atomic E-state index is 14.1. The number of fused-ring (bicyclic) bond motifs is 1. The fraction of sp³-hybridized carbons (Fsp3) is 0.188. The standard InChI is InChI=1S/C32H26N4O6S3/c37-23(16-19-10-4-1-5-11-19)33-26-29(40)36-27(22(18-43-30(26)36)44-32-35-34-24(45-32)17-25(38)39)31(41)42-28(20-12-6-2-7-13-20)21-14-8-3-9-15-21/h1-15,26,28,30H,16-18H2,(H,33,37)(H,38,39)/t26-,30-/m1/s1. The Balaban J connectivity index is 1.29. The Bertz CT molecular complexity index is 1710. The van der Waals surface area contributed by atoms with Gasteiger partial charge in [-0.2, -0.15) is 0 Å². The molecule has 4 aromatic rings. The largest absolute Gasteiger partial charge is 0.481 e. The van der Waals surface area contributed by atoms with E-state index in [1.165, 1.54) is 16.7 Å². The Morgan fingerprint density at radius 1 is 0.933 bits per heavy atom. The summed E-state index contributed by atoms with van der Waals surface area (Å²) >= 11 is 3.68. The number of ether oxygens (including phenoxy) is 1. The quantitative estimate of drug-likeness (QED) is 0.176. The van der Waals surface area contributed by atoms with Crippen LogP contribution in [0.5, 0.6) is 0 Å². The summed E-state index contributed by atoms with van der Waals surface area (Å²) in [6.07, 6.45) is -0.888. The normalized spacial score (nSPS) is 17.4. The van der Waals surface area contributed by atoms with E-state index in [1.807, 2.05) is 91.0 Å². The average Bonchev–Trinajstić information content (AvgIpc) is 3.49. The summed E-state index contributed by atoms with van der Waals surface area (Å²) in [4.78, 5) is 53.6. The predicted molar refractivity (Wildman–Crippen MR) is 170 cm³/mol. The van der Waals surface area contributed by atoms with Crippen LogP contribution in [0, 0.1) is 0 Å². The minimum atomic E-state index is -1.03. The van der Waals surface area contributed by atoms with Crippen LogP contribution in [0.25, 0.3) is 0 Å². The first-order valence-electron chi connectivity index (χ1n) is 13.9. The number of nitrogens with one attached hydrogen (secondary N) is 1. The number of hydrogen-bond acceptors (Lipinski definition) is 10. The smallest absolute Gasteiger partial charge is 0.356 e. The van der Waals surface area contributed by atoms with Crippen molar-refractivity contribution < 1.29 is 29.0 Å². The highest BCUT2D eigenvalue weighted by Gasteiger charge is 2.55. The Kier molecular flexibility index (Phi) is 9.29. The number of carbonyl (C=O) groups is 4. The van der Waals surface area contributed by atoms with E-state index in [2.05, 4.69) is 15.5 Å². The van der Waals surface area contributed by atoms with Gasteiger partial charge >= 0.3 is 11.9 Å². The monoisotopic (exact) mass is 658 g/mol. The predicted octanol–water partition coefficient (Wildman–Crippen LogP) is 4.44. The van der Waals surface area contributed by atoms with Gasteiger partial charge in [-0.1, -0.05) is 114 Å².